The van der Waals surface area contributed by atoms with Gasteiger partial charge in [-0.1, -0.05) is 35.9 Å². The van der Waals surface area contributed by atoms with Gasteiger partial charge < -0.3 is 9.30 Å². The molecule has 126 valence electrons. The monoisotopic (exact) mass is 359 g/mol. The summed E-state index contributed by atoms with van der Waals surface area (Å²) >= 11 is 5.99. The molecule has 0 aliphatic heterocycles. The van der Waals surface area contributed by atoms with Crippen LogP contribution < -0.4 is 4.74 Å². The predicted molar refractivity (Wildman–Crippen MR) is 102 cm³/mol. The number of hydrogen-bond donors (Lipinski definition) is 0. The Morgan fingerprint density at radius 3 is 2.69 bits per heavy atom. The average Bonchev–Trinajstić information content (AvgIpc) is 3.07. The lowest BCUT2D eigenvalue weighted by Crippen LogP contribution is -1.99. The van der Waals surface area contributed by atoms with Crippen LogP contribution in [0.3, 0.4) is 0 Å². The van der Waals surface area contributed by atoms with E-state index in [1.165, 1.54) is 0 Å². The minimum atomic E-state index is 0.450. The van der Waals surface area contributed by atoms with Crippen molar-refractivity contribution in [1.29, 1.82) is 5.26 Å². The Kier molecular flexibility index (Phi) is 4.30. The highest BCUT2D eigenvalue weighted by molar-refractivity contribution is 6.30. The number of para-hydroxylation sites is 1. The van der Waals surface area contributed by atoms with Gasteiger partial charge in [0, 0.05) is 23.5 Å². The van der Waals surface area contributed by atoms with Gasteiger partial charge in [-0.2, -0.15) is 5.26 Å². The van der Waals surface area contributed by atoms with E-state index in [0.29, 0.717) is 17.3 Å². The number of nitriles is 1. The molecule has 0 N–H and O–H groups in total. The molecular formula is C21H14ClN3O. The number of hydrogen-bond acceptors (Lipinski definition) is 3. The number of fused-ring (bicyclic) bond motifs is 1. The Hall–Kier alpha value is -3.29. The van der Waals surface area contributed by atoms with Crippen molar-refractivity contribution in [3.8, 4) is 17.5 Å². The van der Waals surface area contributed by atoms with Gasteiger partial charge in [-0.3, -0.25) is 4.98 Å². The highest BCUT2D eigenvalue weighted by Crippen LogP contribution is 2.24. The Balaban J connectivity index is 1.54. The van der Waals surface area contributed by atoms with Gasteiger partial charge >= 0.3 is 0 Å². The number of nitrogens with zero attached hydrogens (tertiary/aromatic N) is 3. The van der Waals surface area contributed by atoms with E-state index in [1.807, 2.05) is 54.6 Å². The molecule has 2 aromatic heterocycles. The zero-order valence-corrected chi connectivity index (χ0v) is 14.5. The largest absolute Gasteiger partial charge is 0.488 e. The molecule has 0 unspecified atom stereocenters. The fraction of sp³-hybridized carbons (Fsp3) is 0.0476. The Morgan fingerprint density at radius 1 is 1.08 bits per heavy atom. The minimum absolute atomic E-state index is 0.450. The van der Waals surface area contributed by atoms with Gasteiger partial charge in [0.05, 0.1) is 10.5 Å². The lowest BCUT2D eigenvalue weighted by Gasteiger charge is -2.10. The highest BCUT2D eigenvalue weighted by atomic mass is 35.5. The Bertz CT molecular complexity index is 1110. The molecule has 0 fully saturated rings. The number of aromatic nitrogens is 2. The normalized spacial score (nSPS) is 10.6. The van der Waals surface area contributed by atoms with Crippen molar-refractivity contribution < 1.29 is 4.74 Å². The summed E-state index contributed by atoms with van der Waals surface area (Å²) in [5.74, 6) is 0.809. The van der Waals surface area contributed by atoms with Crippen LogP contribution in [0.15, 0.2) is 73.1 Å². The lowest BCUT2D eigenvalue weighted by molar-refractivity contribution is 0.310. The first-order valence-electron chi connectivity index (χ1n) is 8.08. The van der Waals surface area contributed by atoms with Gasteiger partial charge in [0.25, 0.3) is 0 Å². The molecule has 0 aliphatic rings. The number of ether oxygens (including phenoxy) is 1. The van der Waals surface area contributed by atoms with Gasteiger partial charge in [0.15, 0.2) is 0 Å². The van der Waals surface area contributed by atoms with Crippen LogP contribution in [0.2, 0.25) is 5.02 Å². The molecule has 0 saturated heterocycles. The smallest absolute Gasteiger partial charge is 0.130 e. The summed E-state index contributed by atoms with van der Waals surface area (Å²) in [6, 6.07) is 21.4. The molecule has 4 rings (SSSR count). The van der Waals surface area contributed by atoms with Crippen LogP contribution in [0.25, 0.3) is 16.6 Å². The number of benzene rings is 2. The van der Waals surface area contributed by atoms with Gasteiger partial charge in [-0.25, -0.2) is 0 Å². The van der Waals surface area contributed by atoms with Gasteiger partial charge in [0.1, 0.15) is 24.1 Å². The van der Waals surface area contributed by atoms with E-state index in [9.17, 15) is 5.26 Å². The van der Waals surface area contributed by atoms with Crippen molar-refractivity contribution in [3.05, 3.63) is 89.3 Å². The second kappa shape index (κ2) is 6.91. The zero-order chi connectivity index (χ0) is 17.9. The van der Waals surface area contributed by atoms with Crippen LogP contribution in [0.1, 0.15) is 11.3 Å². The summed E-state index contributed by atoms with van der Waals surface area (Å²) in [6.45, 7) is 0.450. The van der Waals surface area contributed by atoms with E-state index in [4.69, 9.17) is 16.3 Å². The van der Waals surface area contributed by atoms with E-state index in [1.54, 1.807) is 23.0 Å². The van der Waals surface area contributed by atoms with E-state index in [-0.39, 0.29) is 0 Å². The fourth-order valence-corrected chi connectivity index (χ4v) is 3.04. The van der Waals surface area contributed by atoms with Gasteiger partial charge in [-0.05, 0) is 42.0 Å². The molecule has 4 aromatic rings. The molecule has 2 heterocycles. The molecule has 0 radical (unpaired) electrons. The van der Waals surface area contributed by atoms with Crippen LogP contribution in [0.4, 0.5) is 0 Å². The van der Waals surface area contributed by atoms with Crippen molar-refractivity contribution >= 4 is 22.5 Å². The van der Waals surface area contributed by atoms with Crippen LogP contribution in [0.5, 0.6) is 5.75 Å². The van der Waals surface area contributed by atoms with E-state index in [0.717, 1.165) is 27.9 Å². The van der Waals surface area contributed by atoms with Crippen molar-refractivity contribution in [2.75, 3.05) is 0 Å². The first-order valence-corrected chi connectivity index (χ1v) is 8.46. The number of rotatable bonds is 4. The summed E-state index contributed by atoms with van der Waals surface area (Å²) in [7, 11) is 0. The third-order valence-corrected chi connectivity index (χ3v) is 4.33. The maximum absolute atomic E-state index is 9.19. The molecule has 4 nitrogen and oxygen atoms in total. The molecule has 0 atom stereocenters. The molecule has 2 aromatic carbocycles. The number of pyridine rings is 1. The molecule has 0 aliphatic carbocycles. The molecule has 0 spiro atoms. The lowest BCUT2D eigenvalue weighted by atomic mass is 10.2. The predicted octanol–water partition coefficient (Wildman–Crippen LogP) is 5.13. The number of halogens is 1. The third-order valence-electron chi connectivity index (χ3n) is 4.12. The van der Waals surface area contributed by atoms with Crippen LogP contribution in [-0.4, -0.2) is 9.55 Å². The third kappa shape index (κ3) is 3.13. The van der Waals surface area contributed by atoms with E-state index < -0.39 is 0 Å². The summed E-state index contributed by atoms with van der Waals surface area (Å²) in [4.78, 5) is 4.34. The first-order chi connectivity index (χ1) is 12.7. The molecule has 0 saturated carbocycles. The second-order valence-corrected chi connectivity index (χ2v) is 6.24. The topological polar surface area (TPSA) is 50.8 Å². The molecular weight excluding hydrogens is 346 g/mol. The Morgan fingerprint density at radius 2 is 1.88 bits per heavy atom. The molecule has 0 amide bonds. The van der Waals surface area contributed by atoms with Crippen molar-refractivity contribution in [2.45, 2.75) is 6.61 Å². The minimum Gasteiger partial charge on any atom is -0.488 e. The molecule has 5 heteroatoms. The van der Waals surface area contributed by atoms with Crippen molar-refractivity contribution in [2.24, 2.45) is 0 Å². The Labute approximate surface area is 155 Å². The van der Waals surface area contributed by atoms with Crippen LogP contribution in [-0.2, 0) is 6.61 Å². The summed E-state index contributed by atoms with van der Waals surface area (Å²) in [5.41, 5.74) is 3.33. The maximum Gasteiger partial charge on any atom is 0.130 e. The molecule has 26 heavy (non-hydrogen) atoms. The first kappa shape index (κ1) is 16.2. The second-order valence-electron chi connectivity index (χ2n) is 5.81. The van der Waals surface area contributed by atoms with E-state index in [2.05, 4.69) is 11.1 Å². The fourth-order valence-electron chi connectivity index (χ4n) is 2.84. The highest BCUT2D eigenvalue weighted by Gasteiger charge is 2.07. The van der Waals surface area contributed by atoms with Crippen LogP contribution in [0, 0.1) is 11.3 Å². The molecule has 0 bridgehead atoms. The van der Waals surface area contributed by atoms with Crippen LogP contribution >= 0.6 is 11.6 Å². The zero-order valence-electron chi connectivity index (χ0n) is 13.8. The summed E-state index contributed by atoms with van der Waals surface area (Å²) < 4.78 is 7.75. The SMILES string of the molecule is N#Cc1cc(Cl)cn1-c1ccc(COc2ccnc3ccccc23)cc1. The van der Waals surface area contributed by atoms with Gasteiger partial charge in [0.2, 0.25) is 0 Å². The maximum atomic E-state index is 9.19. The van der Waals surface area contributed by atoms with Crippen molar-refractivity contribution in [3.63, 3.8) is 0 Å². The standard InChI is InChI=1S/C21H14ClN3O/c22-16-11-18(12-23)25(13-16)17-7-5-15(6-8-17)14-26-21-9-10-24-20-4-2-1-3-19(20)21/h1-11,13H,14H2. The van der Waals surface area contributed by atoms with Crippen molar-refractivity contribution in [1.82, 2.24) is 9.55 Å². The van der Waals surface area contributed by atoms with Gasteiger partial charge in [-0.15, -0.1) is 0 Å². The summed E-state index contributed by atoms with van der Waals surface area (Å²) in [5, 5.41) is 10.7. The van der Waals surface area contributed by atoms with E-state index >= 15 is 0 Å². The summed E-state index contributed by atoms with van der Waals surface area (Å²) in [6.07, 6.45) is 3.48. The average molecular weight is 360 g/mol. The quantitative estimate of drug-likeness (QED) is 0.507.